The molecule has 0 spiro atoms. The molecular formula is C45H62N4O4. The Morgan fingerprint density at radius 2 is 1.68 bits per heavy atom. The molecule has 1 saturated heterocycles. The Kier molecular flexibility index (Phi) is 8.66. The van der Waals surface area contributed by atoms with E-state index >= 15 is 0 Å². The molecule has 9 atom stereocenters. The van der Waals surface area contributed by atoms with Crippen LogP contribution in [0.15, 0.2) is 47.7 Å². The summed E-state index contributed by atoms with van der Waals surface area (Å²) >= 11 is 0. The van der Waals surface area contributed by atoms with Crippen LogP contribution in [0.25, 0.3) is 11.3 Å². The Bertz CT molecular complexity index is 1830. The summed E-state index contributed by atoms with van der Waals surface area (Å²) in [5, 5.41) is 3.63. The number of allylic oxidation sites excluding steroid dienone is 1. The fourth-order valence-corrected chi connectivity index (χ4v) is 14.0. The van der Waals surface area contributed by atoms with Crippen molar-refractivity contribution in [1.29, 1.82) is 0 Å². The fraction of sp³-hybridized carbons (Fsp3) is 0.689. The SMILES string of the molecule is CC(=O)O[C@H]1CC[C@@]2(C)C(CC[C@]3(C)C2CC[C@@H]2C4=C(C(C)C)C(=O)C[C@]4(NC(=O)N4CCC[C@H]4c4ncc(-c5ccccc5)[nH]4)CC[C@]23C)C1(C)C. The second kappa shape index (κ2) is 12.6. The van der Waals surface area contributed by atoms with Gasteiger partial charge in [0.25, 0.3) is 0 Å². The third-order valence-electron chi connectivity index (χ3n) is 16.5. The number of carbonyl (C=O) groups is 3. The summed E-state index contributed by atoms with van der Waals surface area (Å²) in [6.07, 6.45) is 12.2. The average molecular weight is 723 g/mol. The highest BCUT2D eigenvalue weighted by atomic mass is 16.5. The van der Waals surface area contributed by atoms with Crippen molar-refractivity contribution in [3.63, 3.8) is 0 Å². The number of hydrogen-bond acceptors (Lipinski definition) is 5. The molecule has 8 nitrogen and oxygen atoms in total. The Balaban J connectivity index is 1.09. The van der Waals surface area contributed by atoms with Crippen LogP contribution in [0.3, 0.4) is 0 Å². The van der Waals surface area contributed by atoms with Gasteiger partial charge < -0.3 is 19.9 Å². The molecule has 8 heteroatoms. The number of Topliss-reactive ketones (excluding diaryl/α,β-unsaturated/α-hetero) is 1. The lowest BCUT2D eigenvalue weighted by Gasteiger charge is -2.72. The maximum atomic E-state index is 14.6. The maximum absolute atomic E-state index is 14.6. The predicted octanol–water partition coefficient (Wildman–Crippen LogP) is 9.59. The molecular weight excluding hydrogens is 661 g/mol. The standard InChI is InChI=1S/C45H62N4O4/c1-27(2)37-33(51)25-45(48-40(52)49-24-12-15-32(49)39-46-26-31(47-39)29-13-10-9-11-14-29)23-22-43(7)30(38(37)45)16-17-35-42(6)20-19-36(53-28(3)50)41(4,5)34(42)18-21-44(35,43)8/h9-11,13-14,26-27,30,32,34-36H,12,15-25H2,1-8H3,(H,46,47)(H,48,52)/t30-,32+,34?,35?,36+,42+,43-,44-,45-/m1/s1. The summed E-state index contributed by atoms with van der Waals surface area (Å²) in [6, 6.07) is 10.0. The van der Waals surface area contributed by atoms with E-state index in [0.29, 0.717) is 24.8 Å². The number of hydrogen-bond donors (Lipinski definition) is 2. The first kappa shape index (κ1) is 36.6. The smallest absolute Gasteiger partial charge is 0.318 e. The molecule has 1 aromatic heterocycles. The average Bonchev–Trinajstić information content (AvgIpc) is 3.84. The van der Waals surface area contributed by atoms with Gasteiger partial charge in [0, 0.05) is 25.3 Å². The van der Waals surface area contributed by atoms with Gasteiger partial charge in [-0.3, -0.25) is 9.59 Å². The summed E-state index contributed by atoms with van der Waals surface area (Å²) in [5.41, 5.74) is 3.83. The van der Waals surface area contributed by atoms with E-state index < -0.39 is 5.54 Å². The molecule has 5 fully saturated rings. The van der Waals surface area contributed by atoms with Gasteiger partial charge in [-0.1, -0.05) is 78.8 Å². The van der Waals surface area contributed by atoms with E-state index in [1.807, 2.05) is 29.3 Å². The van der Waals surface area contributed by atoms with Gasteiger partial charge in [0.05, 0.1) is 23.5 Å². The summed E-state index contributed by atoms with van der Waals surface area (Å²) in [5.74, 6) is 2.27. The molecule has 0 radical (unpaired) electrons. The molecule has 5 aliphatic carbocycles. The zero-order valence-corrected chi connectivity index (χ0v) is 33.4. The Morgan fingerprint density at radius 3 is 2.40 bits per heavy atom. The van der Waals surface area contributed by atoms with Crippen LogP contribution in [-0.4, -0.2) is 50.8 Å². The number of ether oxygens (including phenoxy) is 1. The molecule has 2 amide bonds. The van der Waals surface area contributed by atoms with Crippen LogP contribution >= 0.6 is 0 Å². The lowest BCUT2D eigenvalue weighted by atomic mass is 9.33. The van der Waals surface area contributed by atoms with Crippen molar-refractivity contribution in [2.75, 3.05) is 6.54 Å². The summed E-state index contributed by atoms with van der Waals surface area (Å²) in [7, 11) is 0. The molecule has 53 heavy (non-hydrogen) atoms. The molecule has 2 N–H and O–H groups in total. The summed E-state index contributed by atoms with van der Waals surface area (Å²) < 4.78 is 5.97. The van der Waals surface area contributed by atoms with E-state index in [4.69, 9.17) is 9.72 Å². The largest absolute Gasteiger partial charge is 0.462 e. The molecule has 6 aliphatic rings. The van der Waals surface area contributed by atoms with Gasteiger partial charge in [0.2, 0.25) is 0 Å². The first-order valence-electron chi connectivity index (χ1n) is 20.7. The molecule has 2 aromatic rings. The first-order valence-corrected chi connectivity index (χ1v) is 20.7. The number of ketones is 1. The lowest BCUT2D eigenvalue weighted by Crippen LogP contribution is -2.67. The minimum atomic E-state index is -0.641. The second-order valence-electron chi connectivity index (χ2n) is 19.6. The van der Waals surface area contributed by atoms with Gasteiger partial charge >= 0.3 is 12.0 Å². The minimum Gasteiger partial charge on any atom is -0.462 e. The Labute approximate surface area is 316 Å². The molecule has 2 heterocycles. The van der Waals surface area contributed by atoms with Gasteiger partial charge in [0.15, 0.2) is 5.78 Å². The zero-order chi connectivity index (χ0) is 37.7. The number of nitrogens with one attached hydrogen (secondary N) is 2. The summed E-state index contributed by atoms with van der Waals surface area (Å²) in [4.78, 5) is 51.2. The van der Waals surface area contributed by atoms with Crippen LogP contribution in [0.2, 0.25) is 0 Å². The van der Waals surface area contributed by atoms with E-state index in [2.05, 4.69) is 70.9 Å². The lowest BCUT2D eigenvalue weighted by molar-refractivity contribution is -0.231. The van der Waals surface area contributed by atoms with Gasteiger partial charge in [-0.25, -0.2) is 9.78 Å². The zero-order valence-electron chi connectivity index (χ0n) is 33.4. The number of esters is 1. The van der Waals surface area contributed by atoms with Gasteiger partial charge in [-0.05, 0) is 121 Å². The quantitative estimate of drug-likeness (QED) is 0.299. The molecule has 4 saturated carbocycles. The van der Waals surface area contributed by atoms with E-state index in [9.17, 15) is 14.4 Å². The Hall–Kier alpha value is -3.42. The number of imidazole rings is 1. The highest BCUT2D eigenvalue weighted by Crippen LogP contribution is 2.76. The number of fused-ring (bicyclic) bond motifs is 7. The van der Waals surface area contributed by atoms with Crippen molar-refractivity contribution in [1.82, 2.24) is 20.2 Å². The summed E-state index contributed by atoms with van der Waals surface area (Å²) in [6.45, 7) is 19.0. The van der Waals surface area contributed by atoms with Crippen LogP contribution in [0, 0.1) is 45.3 Å². The monoisotopic (exact) mass is 722 g/mol. The van der Waals surface area contributed by atoms with Crippen molar-refractivity contribution in [2.45, 2.75) is 144 Å². The van der Waals surface area contributed by atoms with Crippen LogP contribution in [0.5, 0.6) is 0 Å². The third kappa shape index (κ3) is 5.33. The normalized spacial score (nSPS) is 38.9. The van der Waals surface area contributed by atoms with Crippen molar-refractivity contribution >= 4 is 17.8 Å². The molecule has 1 aliphatic heterocycles. The first-order chi connectivity index (χ1) is 25.1. The van der Waals surface area contributed by atoms with Crippen molar-refractivity contribution in [3.8, 4) is 11.3 Å². The number of likely N-dealkylation sites (tertiary alicyclic amines) is 1. The van der Waals surface area contributed by atoms with E-state index in [1.54, 1.807) is 6.92 Å². The van der Waals surface area contributed by atoms with E-state index in [0.717, 1.165) is 86.9 Å². The van der Waals surface area contributed by atoms with Gasteiger partial charge in [0.1, 0.15) is 11.9 Å². The number of nitrogens with zero attached hydrogens (tertiary/aromatic N) is 2. The third-order valence-corrected chi connectivity index (χ3v) is 16.5. The number of amides is 2. The van der Waals surface area contributed by atoms with Crippen LogP contribution in [-0.2, 0) is 14.3 Å². The van der Waals surface area contributed by atoms with Crippen LogP contribution in [0.1, 0.15) is 138 Å². The van der Waals surface area contributed by atoms with Gasteiger partial charge in [-0.15, -0.1) is 0 Å². The molecule has 8 rings (SSSR count). The van der Waals surface area contributed by atoms with Crippen LogP contribution < -0.4 is 5.32 Å². The van der Waals surface area contributed by atoms with Gasteiger partial charge in [-0.2, -0.15) is 0 Å². The van der Waals surface area contributed by atoms with Crippen molar-refractivity contribution < 1.29 is 19.1 Å². The highest BCUT2D eigenvalue weighted by molar-refractivity contribution is 6.02. The second-order valence-corrected chi connectivity index (χ2v) is 19.6. The number of carbonyl (C=O) groups excluding carboxylic acids is 3. The number of H-pyrrole nitrogens is 1. The number of benzene rings is 1. The van der Waals surface area contributed by atoms with Crippen LogP contribution in [0.4, 0.5) is 4.79 Å². The Morgan fingerprint density at radius 1 is 0.925 bits per heavy atom. The van der Waals surface area contributed by atoms with Crippen molar-refractivity contribution in [2.24, 2.45) is 45.3 Å². The number of rotatable bonds is 5. The predicted molar refractivity (Wildman–Crippen MR) is 207 cm³/mol. The van der Waals surface area contributed by atoms with E-state index in [-0.39, 0.29) is 63.4 Å². The molecule has 1 aromatic carbocycles. The highest BCUT2D eigenvalue weighted by Gasteiger charge is 2.70. The minimum absolute atomic E-state index is 0.00722. The number of aromatic amines is 1. The fourth-order valence-electron chi connectivity index (χ4n) is 14.0. The van der Waals surface area contributed by atoms with Crippen molar-refractivity contribution in [3.05, 3.63) is 53.5 Å². The topological polar surface area (TPSA) is 104 Å². The number of urea groups is 1. The maximum Gasteiger partial charge on any atom is 0.318 e. The molecule has 2 unspecified atom stereocenters. The molecule has 0 bridgehead atoms. The number of aromatic nitrogens is 2. The molecule has 286 valence electrons. The van der Waals surface area contributed by atoms with E-state index in [1.165, 1.54) is 5.57 Å².